The van der Waals surface area contributed by atoms with Crippen LogP contribution in [0.15, 0.2) is 46.0 Å². The molecule has 1 aliphatic heterocycles. The Balaban J connectivity index is 2.20. The molecule has 1 aromatic carbocycles. The largest absolute Gasteiger partial charge is 0.497 e. The fourth-order valence-corrected chi connectivity index (χ4v) is 3.08. The summed E-state index contributed by atoms with van der Waals surface area (Å²) >= 11 is 5.67. The average molecular weight is 366 g/mol. The summed E-state index contributed by atoms with van der Waals surface area (Å²) in [5, 5.41) is 9.39. The molecule has 2 atom stereocenters. The van der Waals surface area contributed by atoms with Crippen LogP contribution in [0.25, 0.3) is 0 Å². The number of benzene rings is 1. The normalized spacial score (nSPS) is 18.8. The van der Waals surface area contributed by atoms with Crippen LogP contribution in [0.3, 0.4) is 0 Å². The first kappa shape index (κ1) is 17.1. The van der Waals surface area contributed by atoms with Crippen molar-refractivity contribution in [2.75, 3.05) is 13.0 Å². The van der Waals surface area contributed by atoms with Gasteiger partial charge in [0.1, 0.15) is 5.75 Å². The Kier molecular flexibility index (Phi) is 4.54. The molecule has 0 bridgehead atoms. The van der Waals surface area contributed by atoms with Gasteiger partial charge in [-0.15, -0.1) is 11.6 Å². The van der Waals surface area contributed by atoms with E-state index < -0.39 is 29.4 Å². The number of rotatable bonds is 5. The summed E-state index contributed by atoms with van der Waals surface area (Å²) in [5.41, 5.74) is -0.567. The molecule has 25 heavy (non-hydrogen) atoms. The second kappa shape index (κ2) is 6.64. The Hall–Kier alpha value is -2.74. The van der Waals surface area contributed by atoms with E-state index in [-0.39, 0.29) is 12.4 Å². The van der Waals surface area contributed by atoms with Gasteiger partial charge >= 0.3 is 17.3 Å². The maximum atomic E-state index is 12.7. The van der Waals surface area contributed by atoms with Gasteiger partial charge in [0.25, 0.3) is 0 Å². The number of hydrogen-bond acceptors (Lipinski definition) is 4. The lowest BCUT2D eigenvalue weighted by Crippen LogP contribution is -2.38. The van der Waals surface area contributed by atoms with Crippen molar-refractivity contribution in [1.82, 2.24) is 13.9 Å². The van der Waals surface area contributed by atoms with Crippen LogP contribution in [-0.4, -0.2) is 38.0 Å². The highest BCUT2D eigenvalue weighted by Crippen LogP contribution is 2.26. The molecular weight excluding hydrogens is 350 g/mol. The second-order valence-corrected chi connectivity index (χ2v) is 5.86. The van der Waals surface area contributed by atoms with Gasteiger partial charge in [-0.05, 0) is 17.7 Å². The zero-order valence-electron chi connectivity index (χ0n) is 13.3. The summed E-state index contributed by atoms with van der Waals surface area (Å²) in [6.45, 7) is 0.00783. The maximum absolute atomic E-state index is 12.7. The highest BCUT2D eigenvalue weighted by Gasteiger charge is 2.32. The number of nitrogens with zero attached hydrogens (tertiary/aromatic N) is 3. The summed E-state index contributed by atoms with van der Waals surface area (Å²) in [6.07, 6.45) is 3.01. The maximum Gasteiger partial charge on any atom is 0.348 e. The quantitative estimate of drug-likeness (QED) is 0.626. The number of hydrogen-bond donors (Lipinski definition) is 1. The Morgan fingerprint density at radius 3 is 2.36 bits per heavy atom. The predicted octanol–water partition coefficient (Wildman–Crippen LogP) is 0.844. The molecule has 132 valence electrons. The molecule has 8 nitrogen and oxygen atoms in total. The van der Waals surface area contributed by atoms with Crippen molar-refractivity contribution in [3.63, 3.8) is 0 Å². The minimum absolute atomic E-state index is 0.00783. The Bertz CT molecular complexity index is 938. The molecule has 0 aliphatic carbocycles. The van der Waals surface area contributed by atoms with E-state index in [1.165, 1.54) is 6.08 Å². The number of alkyl halides is 1. The smallest absolute Gasteiger partial charge is 0.348 e. The predicted molar refractivity (Wildman–Crippen MR) is 90.6 cm³/mol. The molecule has 9 heteroatoms. The lowest BCUT2D eigenvalue weighted by Gasteiger charge is -2.25. The molecule has 0 saturated carbocycles. The van der Waals surface area contributed by atoms with Gasteiger partial charge in [-0.2, -0.15) is 0 Å². The topological polar surface area (TPSA) is 95.5 Å². The van der Waals surface area contributed by atoms with E-state index in [4.69, 9.17) is 16.3 Å². The highest BCUT2D eigenvalue weighted by atomic mass is 35.5. The molecule has 2 aromatic rings. The van der Waals surface area contributed by atoms with Crippen molar-refractivity contribution in [1.29, 1.82) is 0 Å². The first-order chi connectivity index (χ1) is 12.0. The first-order valence-corrected chi connectivity index (χ1v) is 8.08. The molecule has 1 aromatic heterocycles. The monoisotopic (exact) mass is 365 g/mol. The molecule has 0 radical (unpaired) electrons. The lowest BCUT2D eigenvalue weighted by atomic mass is 10.0. The zero-order chi connectivity index (χ0) is 18.1. The third kappa shape index (κ3) is 2.78. The number of aromatic nitrogens is 3. The van der Waals surface area contributed by atoms with E-state index in [9.17, 15) is 19.5 Å². The van der Waals surface area contributed by atoms with Gasteiger partial charge in [0.2, 0.25) is 0 Å². The zero-order valence-corrected chi connectivity index (χ0v) is 14.1. The minimum Gasteiger partial charge on any atom is -0.497 e. The highest BCUT2D eigenvalue weighted by molar-refractivity contribution is 6.17. The van der Waals surface area contributed by atoms with Crippen LogP contribution >= 0.6 is 11.6 Å². The van der Waals surface area contributed by atoms with Crippen LogP contribution < -0.4 is 16.1 Å². The van der Waals surface area contributed by atoms with E-state index >= 15 is 0 Å². The van der Waals surface area contributed by atoms with Crippen LogP contribution in [0, 0.1) is 0 Å². The molecule has 0 amide bonds. The second-order valence-electron chi connectivity index (χ2n) is 5.48. The number of aliphatic carboxylic acids is 1. The summed E-state index contributed by atoms with van der Waals surface area (Å²) < 4.78 is 8.19. The van der Waals surface area contributed by atoms with Crippen LogP contribution in [0.2, 0.25) is 0 Å². The molecule has 0 saturated heterocycles. The van der Waals surface area contributed by atoms with Crippen molar-refractivity contribution in [3.8, 4) is 5.75 Å². The van der Waals surface area contributed by atoms with Crippen molar-refractivity contribution < 1.29 is 14.6 Å². The minimum atomic E-state index is -1.24. The Morgan fingerprint density at radius 1 is 1.16 bits per heavy atom. The molecule has 1 N–H and O–H groups in total. The summed E-state index contributed by atoms with van der Waals surface area (Å²) in [7, 11) is 1.54. The number of ether oxygens (including phenoxy) is 1. The van der Waals surface area contributed by atoms with Crippen molar-refractivity contribution in [2.24, 2.45) is 0 Å². The fourth-order valence-electron chi connectivity index (χ4n) is 2.91. The van der Waals surface area contributed by atoms with Gasteiger partial charge < -0.3 is 9.84 Å². The Labute approximate surface area is 147 Å². The third-order valence-electron chi connectivity index (χ3n) is 4.11. The molecule has 2 heterocycles. The molecular formula is C16H16ClN3O5. The summed E-state index contributed by atoms with van der Waals surface area (Å²) in [4.78, 5) is 36.7. The van der Waals surface area contributed by atoms with E-state index in [0.29, 0.717) is 5.75 Å². The van der Waals surface area contributed by atoms with Gasteiger partial charge in [-0.25, -0.2) is 28.3 Å². The summed E-state index contributed by atoms with van der Waals surface area (Å²) in [5.74, 6) is -0.503. The van der Waals surface area contributed by atoms with Gasteiger partial charge in [-0.1, -0.05) is 24.3 Å². The average Bonchev–Trinajstić information content (AvgIpc) is 2.87. The van der Waals surface area contributed by atoms with Gasteiger partial charge in [0.15, 0.2) is 6.04 Å². The van der Waals surface area contributed by atoms with Crippen LogP contribution in [0.5, 0.6) is 5.75 Å². The van der Waals surface area contributed by atoms with Gasteiger partial charge in [0.05, 0.1) is 13.2 Å². The molecule has 3 rings (SSSR count). The number of carboxylic acids is 1. The molecule has 0 fully saturated rings. The van der Waals surface area contributed by atoms with Crippen molar-refractivity contribution in [2.45, 2.75) is 18.6 Å². The van der Waals surface area contributed by atoms with Gasteiger partial charge in [-0.3, -0.25) is 0 Å². The standard InChI is InChI=1S/C16H16ClN3O5/c1-25-11-4-2-10(3-5-11)12-6-7-13(14(21)22)20-16(24)18(9-8-17)15(23)19(12)20/h2-7,12-13H,8-9H2,1H3,(H,21,22)/t12-,13+/m0/s1. The van der Waals surface area contributed by atoms with Crippen LogP contribution in [0.4, 0.5) is 0 Å². The number of fused-ring (bicyclic) bond motifs is 1. The number of carbonyl (C=O) groups is 1. The van der Waals surface area contributed by atoms with E-state index in [0.717, 1.165) is 19.5 Å². The van der Waals surface area contributed by atoms with Crippen LogP contribution in [-0.2, 0) is 11.3 Å². The molecule has 0 unspecified atom stereocenters. The first-order valence-electron chi connectivity index (χ1n) is 7.54. The fraction of sp³-hybridized carbons (Fsp3) is 0.312. The summed E-state index contributed by atoms with van der Waals surface area (Å²) in [6, 6.07) is 5.14. The Morgan fingerprint density at radius 2 is 1.80 bits per heavy atom. The van der Waals surface area contributed by atoms with Crippen molar-refractivity contribution in [3.05, 3.63) is 62.9 Å². The van der Waals surface area contributed by atoms with E-state index in [1.54, 1.807) is 37.5 Å². The third-order valence-corrected chi connectivity index (χ3v) is 4.28. The number of carboxylic acid groups (broad SMARTS) is 1. The van der Waals surface area contributed by atoms with E-state index in [1.807, 2.05) is 0 Å². The SMILES string of the molecule is COc1ccc([C@@H]2C=C[C@H](C(=O)O)n3c(=O)n(CCCl)c(=O)n32)cc1. The number of allylic oxidation sites excluding steroid dienone is 1. The lowest BCUT2D eigenvalue weighted by molar-refractivity contribution is -0.140. The molecule has 0 spiro atoms. The molecule has 1 aliphatic rings. The number of methoxy groups -OCH3 is 1. The van der Waals surface area contributed by atoms with E-state index in [2.05, 4.69) is 0 Å². The van der Waals surface area contributed by atoms with Gasteiger partial charge in [0, 0.05) is 12.4 Å². The number of halogens is 1. The van der Waals surface area contributed by atoms with Crippen molar-refractivity contribution >= 4 is 17.6 Å². The van der Waals surface area contributed by atoms with Crippen LogP contribution in [0.1, 0.15) is 17.6 Å².